The average molecular weight is 488 g/mol. The fourth-order valence-corrected chi connectivity index (χ4v) is 4.34. The zero-order valence-corrected chi connectivity index (χ0v) is 18.3. The lowest BCUT2D eigenvalue weighted by atomic mass is 9.90. The number of carbonyl (C=O) groups excluding carboxylic acids is 1. The third kappa shape index (κ3) is 4.68. The Bertz CT molecular complexity index is 1190. The van der Waals surface area contributed by atoms with Crippen molar-refractivity contribution in [2.24, 2.45) is 7.05 Å². The predicted octanol–water partition coefficient (Wildman–Crippen LogP) is 4.28. The van der Waals surface area contributed by atoms with Crippen molar-refractivity contribution >= 4 is 17.4 Å². The maximum absolute atomic E-state index is 13.1. The summed E-state index contributed by atoms with van der Waals surface area (Å²) in [6.45, 7) is 0. The number of hydrogen-bond donors (Lipinski definition) is 1. The Morgan fingerprint density at radius 3 is 2.35 bits per heavy atom. The Morgan fingerprint density at radius 1 is 1.06 bits per heavy atom. The van der Waals surface area contributed by atoms with E-state index in [-0.39, 0.29) is 17.7 Å². The van der Waals surface area contributed by atoms with Gasteiger partial charge in [0, 0.05) is 38.6 Å². The van der Waals surface area contributed by atoms with Crippen molar-refractivity contribution in [1.29, 1.82) is 0 Å². The molecule has 3 heterocycles. The maximum atomic E-state index is 13.1. The highest BCUT2D eigenvalue weighted by molar-refractivity contribution is 5.95. The van der Waals surface area contributed by atoms with Crippen molar-refractivity contribution in [2.75, 3.05) is 11.9 Å². The van der Waals surface area contributed by atoms with E-state index in [0.29, 0.717) is 31.5 Å². The monoisotopic (exact) mass is 488 g/mol. The molecule has 1 aliphatic rings. The summed E-state index contributed by atoms with van der Waals surface area (Å²) < 4.78 is 81.0. The maximum Gasteiger partial charge on any atom is 0.435 e. The molecular formula is C21H22F6N6O. The van der Waals surface area contributed by atoms with Crippen LogP contribution in [0, 0.1) is 0 Å². The van der Waals surface area contributed by atoms with Crippen molar-refractivity contribution in [2.45, 2.75) is 50.1 Å². The number of carbonyl (C=O) groups is 1. The average Bonchev–Trinajstić information content (AvgIpc) is 3.37. The van der Waals surface area contributed by atoms with Crippen LogP contribution in [0.15, 0.2) is 30.6 Å². The van der Waals surface area contributed by atoms with E-state index in [9.17, 15) is 31.1 Å². The molecule has 13 heteroatoms. The molecule has 3 aromatic heterocycles. The first-order valence-corrected chi connectivity index (χ1v) is 10.5. The second-order valence-corrected chi connectivity index (χ2v) is 8.39. The van der Waals surface area contributed by atoms with Crippen molar-refractivity contribution in [3.63, 3.8) is 0 Å². The van der Waals surface area contributed by atoms with Crippen molar-refractivity contribution < 1.29 is 31.1 Å². The van der Waals surface area contributed by atoms with Gasteiger partial charge in [-0.15, -0.1) is 0 Å². The van der Waals surface area contributed by atoms with Gasteiger partial charge < -0.3 is 10.2 Å². The van der Waals surface area contributed by atoms with E-state index in [1.807, 2.05) is 4.90 Å². The Kier molecular flexibility index (Phi) is 5.98. The Balaban J connectivity index is 1.43. The third-order valence-corrected chi connectivity index (χ3v) is 6.04. The minimum absolute atomic E-state index is 0.0281. The number of rotatable bonds is 4. The number of amides is 1. The number of fused-ring (bicyclic) bond motifs is 1. The molecule has 1 saturated carbocycles. The second-order valence-electron chi connectivity index (χ2n) is 8.39. The molecule has 0 unspecified atom stereocenters. The van der Waals surface area contributed by atoms with Gasteiger partial charge in [0.05, 0.1) is 5.56 Å². The first-order valence-electron chi connectivity index (χ1n) is 10.5. The Morgan fingerprint density at radius 2 is 1.74 bits per heavy atom. The topological polar surface area (TPSA) is 67.5 Å². The van der Waals surface area contributed by atoms with Crippen LogP contribution in [0.2, 0.25) is 0 Å². The quantitative estimate of drug-likeness (QED) is 0.557. The fourth-order valence-electron chi connectivity index (χ4n) is 4.34. The number of pyridine rings is 1. The van der Waals surface area contributed by atoms with Gasteiger partial charge in [0.1, 0.15) is 11.5 Å². The number of nitrogens with zero attached hydrogens (tertiary/aromatic N) is 5. The number of alkyl halides is 6. The summed E-state index contributed by atoms with van der Waals surface area (Å²) in [5.74, 6) is -0.293. The van der Waals surface area contributed by atoms with Crippen LogP contribution in [-0.4, -0.2) is 44.2 Å². The summed E-state index contributed by atoms with van der Waals surface area (Å²) in [5, 5.41) is 6.01. The second kappa shape index (κ2) is 8.51. The molecule has 0 aromatic carbocycles. The molecule has 184 valence electrons. The molecule has 0 aliphatic heterocycles. The first kappa shape index (κ1) is 23.9. The molecule has 34 heavy (non-hydrogen) atoms. The van der Waals surface area contributed by atoms with E-state index >= 15 is 0 Å². The summed E-state index contributed by atoms with van der Waals surface area (Å²) in [6.07, 6.45) is -5.09. The third-order valence-electron chi connectivity index (χ3n) is 6.04. The van der Waals surface area contributed by atoms with Gasteiger partial charge in [-0.05, 0) is 37.8 Å². The Labute approximate surface area is 190 Å². The number of aryl methyl sites for hydroxylation is 1. The molecular weight excluding hydrogens is 466 g/mol. The van der Waals surface area contributed by atoms with Crippen LogP contribution >= 0.6 is 0 Å². The van der Waals surface area contributed by atoms with E-state index in [1.54, 1.807) is 19.2 Å². The van der Waals surface area contributed by atoms with Gasteiger partial charge in [0.15, 0.2) is 11.4 Å². The molecule has 1 N–H and O–H groups in total. The van der Waals surface area contributed by atoms with Gasteiger partial charge in [0.25, 0.3) is 5.91 Å². The van der Waals surface area contributed by atoms with Gasteiger partial charge in [0.2, 0.25) is 0 Å². The number of halogens is 6. The van der Waals surface area contributed by atoms with Crippen LogP contribution < -0.4 is 10.2 Å². The van der Waals surface area contributed by atoms with Crippen molar-refractivity contribution in [3.8, 4) is 0 Å². The van der Waals surface area contributed by atoms with Gasteiger partial charge in [-0.2, -0.15) is 31.4 Å². The summed E-state index contributed by atoms with van der Waals surface area (Å²) in [5.41, 5.74) is -2.56. The van der Waals surface area contributed by atoms with E-state index in [4.69, 9.17) is 0 Å². The fraction of sp³-hybridized carbons (Fsp3) is 0.476. The highest BCUT2D eigenvalue weighted by atomic mass is 19.4. The molecule has 1 aliphatic carbocycles. The van der Waals surface area contributed by atoms with Crippen LogP contribution in [0.25, 0.3) is 5.65 Å². The highest BCUT2D eigenvalue weighted by Gasteiger charge is 2.39. The van der Waals surface area contributed by atoms with E-state index in [1.165, 1.54) is 17.5 Å². The van der Waals surface area contributed by atoms with E-state index in [0.717, 1.165) is 17.1 Å². The molecule has 7 nitrogen and oxygen atoms in total. The summed E-state index contributed by atoms with van der Waals surface area (Å²) in [4.78, 5) is 18.0. The smallest absolute Gasteiger partial charge is 0.358 e. The molecule has 0 saturated heterocycles. The number of nitrogens with one attached hydrogen (secondary N) is 1. The molecule has 1 fully saturated rings. The number of imidazole rings is 1. The molecule has 1 amide bonds. The van der Waals surface area contributed by atoms with Gasteiger partial charge in [-0.1, -0.05) is 6.07 Å². The van der Waals surface area contributed by atoms with E-state index in [2.05, 4.69) is 15.4 Å². The molecule has 0 radical (unpaired) electrons. The summed E-state index contributed by atoms with van der Waals surface area (Å²) in [6, 6.07) is 4.47. The van der Waals surface area contributed by atoms with E-state index < -0.39 is 35.2 Å². The SMILES string of the molecule is Cn1cc(C(=O)N[C@H]2CC[C@@H](N(C)c3cccc4nc(C(F)(F)F)cn34)CC2)c(C(F)(F)F)n1. The summed E-state index contributed by atoms with van der Waals surface area (Å²) >= 11 is 0. The predicted molar refractivity (Wildman–Crippen MR) is 110 cm³/mol. The van der Waals surface area contributed by atoms with Crippen LogP contribution in [0.3, 0.4) is 0 Å². The number of anilines is 1. The molecule has 0 spiro atoms. The molecule has 4 rings (SSSR count). The van der Waals surface area contributed by atoms with Crippen LogP contribution in [0.5, 0.6) is 0 Å². The van der Waals surface area contributed by atoms with Crippen LogP contribution in [0.4, 0.5) is 32.2 Å². The minimum Gasteiger partial charge on any atom is -0.358 e. The minimum atomic E-state index is -4.74. The molecule has 3 aromatic rings. The number of aromatic nitrogens is 4. The van der Waals surface area contributed by atoms with Crippen LogP contribution in [0.1, 0.15) is 47.4 Å². The molecule has 0 atom stereocenters. The van der Waals surface area contributed by atoms with Gasteiger partial charge in [-0.25, -0.2) is 4.98 Å². The highest BCUT2D eigenvalue weighted by Crippen LogP contribution is 2.33. The first-order chi connectivity index (χ1) is 15.8. The lowest BCUT2D eigenvalue weighted by Crippen LogP contribution is -2.43. The standard InChI is InChI=1S/C21H22F6N6O/c1-31-10-14(18(30-31)21(25,26)27)19(34)28-12-6-8-13(9-7-12)32(2)17-5-3-4-16-29-15(11-33(16)17)20(22,23)24/h3-5,10-13H,6-9H2,1-2H3,(H,28,34)/t12-,13+. The lowest BCUT2D eigenvalue weighted by Gasteiger charge is -2.36. The zero-order chi connectivity index (χ0) is 24.8. The summed E-state index contributed by atoms with van der Waals surface area (Å²) in [7, 11) is 3.09. The molecule has 0 bridgehead atoms. The lowest BCUT2D eigenvalue weighted by molar-refractivity contribution is -0.142. The largest absolute Gasteiger partial charge is 0.435 e. The number of hydrogen-bond acceptors (Lipinski definition) is 4. The van der Waals surface area contributed by atoms with Gasteiger partial charge >= 0.3 is 12.4 Å². The van der Waals surface area contributed by atoms with Crippen LogP contribution in [-0.2, 0) is 19.4 Å². The normalized spacial score (nSPS) is 19.4. The zero-order valence-electron chi connectivity index (χ0n) is 18.3. The Hall–Kier alpha value is -3.25. The van der Waals surface area contributed by atoms with Gasteiger partial charge in [-0.3, -0.25) is 13.9 Å². The van der Waals surface area contributed by atoms with Crippen molar-refractivity contribution in [3.05, 3.63) is 47.5 Å². The van der Waals surface area contributed by atoms with Crippen molar-refractivity contribution in [1.82, 2.24) is 24.5 Å².